The van der Waals surface area contributed by atoms with E-state index in [0.29, 0.717) is 12.4 Å². The number of quaternary nitrogens is 1. The van der Waals surface area contributed by atoms with E-state index in [-0.39, 0.29) is 13.5 Å². The van der Waals surface area contributed by atoms with Gasteiger partial charge in [0, 0.05) is 18.8 Å². The molecule has 1 aromatic carbocycles. The average molecular weight is 289 g/mol. The Kier molecular flexibility index (Phi) is 4.59. The zero-order chi connectivity index (χ0) is 14.2. The Morgan fingerprint density at radius 1 is 1.29 bits per heavy atom. The molecule has 2 unspecified atom stereocenters. The second-order valence-corrected chi connectivity index (χ2v) is 6.07. The van der Waals surface area contributed by atoms with Crippen LogP contribution in [-0.4, -0.2) is 31.3 Å². The van der Waals surface area contributed by atoms with Crippen LogP contribution in [0.25, 0.3) is 0 Å². The van der Waals surface area contributed by atoms with Crippen LogP contribution >= 0.6 is 0 Å². The van der Waals surface area contributed by atoms with Crippen molar-refractivity contribution >= 4 is 5.69 Å². The minimum absolute atomic E-state index is 0. The number of anilines is 1. The molecule has 2 atom stereocenters. The van der Waals surface area contributed by atoms with Gasteiger partial charge in [-0.2, -0.15) is 0 Å². The van der Waals surface area contributed by atoms with Crippen molar-refractivity contribution in [1.82, 2.24) is 5.32 Å². The molecule has 3 rings (SSSR count). The lowest BCUT2D eigenvalue weighted by molar-refractivity contribution is -0.812. The molecule has 1 aromatic rings. The summed E-state index contributed by atoms with van der Waals surface area (Å²) in [5.74, 6) is 0.554. The number of nitrogens with zero attached hydrogens (tertiary/aromatic N) is 2. The molecule has 0 radical (unpaired) electrons. The first kappa shape index (κ1) is 15.9. The molecule has 0 amide bonds. The molecule has 2 fully saturated rings. The Morgan fingerprint density at radius 2 is 2.00 bits per heavy atom. The van der Waals surface area contributed by atoms with Crippen LogP contribution in [0.5, 0.6) is 0 Å². The van der Waals surface area contributed by atoms with Crippen LogP contribution in [0.1, 0.15) is 38.3 Å². The molecule has 116 valence electrons. The average Bonchev–Trinajstić information content (AvgIpc) is 2.74. The Morgan fingerprint density at radius 3 is 2.62 bits per heavy atom. The van der Waals surface area contributed by atoms with Crippen LogP contribution < -0.4 is 10.2 Å². The predicted molar refractivity (Wildman–Crippen MR) is 88.7 cm³/mol. The van der Waals surface area contributed by atoms with E-state index in [9.17, 15) is 5.21 Å². The first-order valence-corrected chi connectivity index (χ1v) is 7.44. The van der Waals surface area contributed by atoms with Crippen molar-refractivity contribution in [3.05, 3.63) is 47.4 Å². The maximum atomic E-state index is 12.2. The van der Waals surface area contributed by atoms with Crippen LogP contribution in [0.3, 0.4) is 0 Å². The SMILES string of the molecule is C.C=C1NC(c2cccc(N3CCCCC3)c2)C[N+]1(C)[O-]. The molecule has 2 heterocycles. The zero-order valence-corrected chi connectivity index (χ0v) is 12.1. The first-order valence-electron chi connectivity index (χ1n) is 7.44. The van der Waals surface area contributed by atoms with Crippen molar-refractivity contribution in [1.29, 1.82) is 0 Å². The van der Waals surface area contributed by atoms with E-state index >= 15 is 0 Å². The molecule has 0 spiro atoms. The van der Waals surface area contributed by atoms with E-state index in [4.69, 9.17) is 0 Å². The predicted octanol–water partition coefficient (Wildman–Crippen LogP) is 3.37. The van der Waals surface area contributed by atoms with Gasteiger partial charge >= 0.3 is 0 Å². The fraction of sp³-hybridized carbons (Fsp3) is 0.529. The highest BCUT2D eigenvalue weighted by atomic mass is 16.5. The van der Waals surface area contributed by atoms with Gasteiger partial charge in [-0.1, -0.05) is 19.6 Å². The maximum Gasteiger partial charge on any atom is 0.194 e. The quantitative estimate of drug-likeness (QED) is 0.670. The molecule has 2 aliphatic rings. The second-order valence-electron chi connectivity index (χ2n) is 6.07. The largest absolute Gasteiger partial charge is 0.626 e. The van der Waals surface area contributed by atoms with Crippen LogP contribution in [0, 0.1) is 5.21 Å². The van der Waals surface area contributed by atoms with Crippen molar-refractivity contribution < 1.29 is 4.65 Å². The van der Waals surface area contributed by atoms with E-state index in [0.717, 1.165) is 13.1 Å². The summed E-state index contributed by atoms with van der Waals surface area (Å²) in [6.07, 6.45) is 3.89. The van der Waals surface area contributed by atoms with Crippen molar-refractivity contribution in [2.75, 3.05) is 31.6 Å². The number of likely N-dealkylation sites (N-methyl/N-ethyl adjacent to an activating group) is 1. The minimum Gasteiger partial charge on any atom is -0.626 e. The van der Waals surface area contributed by atoms with Gasteiger partial charge in [0.2, 0.25) is 0 Å². The standard InChI is InChI=1S/C16H23N3O.CH4/c1-13-17-16(12-19(13,2)20)14-7-6-8-15(11-14)18-9-4-3-5-10-18;/h6-8,11,16-17H,1,3-5,9-10,12H2,2H3;1H4. The third-order valence-corrected chi connectivity index (χ3v) is 4.44. The number of hydroxylamine groups is 3. The lowest BCUT2D eigenvalue weighted by Crippen LogP contribution is -2.32. The zero-order valence-electron chi connectivity index (χ0n) is 12.1. The summed E-state index contributed by atoms with van der Waals surface area (Å²) < 4.78 is -0.390. The van der Waals surface area contributed by atoms with Crippen molar-refractivity contribution in [2.24, 2.45) is 0 Å². The number of hydrogen-bond acceptors (Lipinski definition) is 3. The van der Waals surface area contributed by atoms with Gasteiger partial charge < -0.3 is 20.1 Å². The Hall–Kier alpha value is -1.52. The summed E-state index contributed by atoms with van der Waals surface area (Å²) in [6, 6.07) is 8.67. The second kappa shape index (κ2) is 6.08. The molecular formula is C17H27N3O. The van der Waals surface area contributed by atoms with Crippen LogP contribution in [-0.2, 0) is 0 Å². The molecule has 4 heteroatoms. The van der Waals surface area contributed by atoms with Gasteiger partial charge in [-0.25, -0.2) is 0 Å². The number of nitrogens with one attached hydrogen (secondary N) is 1. The third-order valence-electron chi connectivity index (χ3n) is 4.44. The number of hydrogen-bond donors (Lipinski definition) is 1. The smallest absolute Gasteiger partial charge is 0.194 e. The normalized spacial score (nSPS) is 29.0. The molecule has 0 saturated carbocycles. The molecule has 0 bridgehead atoms. The topological polar surface area (TPSA) is 38.3 Å². The molecule has 1 N–H and O–H groups in total. The summed E-state index contributed by atoms with van der Waals surface area (Å²) in [4.78, 5) is 2.45. The molecule has 0 aromatic heterocycles. The highest BCUT2D eigenvalue weighted by molar-refractivity contribution is 5.49. The van der Waals surface area contributed by atoms with E-state index in [1.807, 2.05) is 0 Å². The van der Waals surface area contributed by atoms with Gasteiger partial charge in [-0.3, -0.25) is 0 Å². The molecule has 4 nitrogen and oxygen atoms in total. The number of piperidine rings is 1. The van der Waals surface area contributed by atoms with Crippen molar-refractivity contribution in [2.45, 2.75) is 32.7 Å². The van der Waals surface area contributed by atoms with Crippen LogP contribution in [0.4, 0.5) is 5.69 Å². The summed E-state index contributed by atoms with van der Waals surface area (Å²) in [5.41, 5.74) is 2.47. The molecule has 2 saturated heterocycles. The van der Waals surface area contributed by atoms with Gasteiger partial charge in [-0.05, 0) is 43.5 Å². The maximum absolute atomic E-state index is 12.2. The minimum atomic E-state index is -0.390. The highest BCUT2D eigenvalue weighted by Gasteiger charge is 2.32. The Labute approximate surface area is 128 Å². The van der Waals surface area contributed by atoms with Gasteiger partial charge in [0.15, 0.2) is 5.82 Å². The summed E-state index contributed by atoms with van der Waals surface area (Å²) in [7, 11) is 1.66. The summed E-state index contributed by atoms with van der Waals surface area (Å²) in [6.45, 7) is 6.63. The van der Waals surface area contributed by atoms with Gasteiger partial charge in [0.1, 0.15) is 12.6 Å². The molecule has 0 aliphatic carbocycles. The summed E-state index contributed by atoms with van der Waals surface area (Å²) in [5, 5.41) is 15.4. The summed E-state index contributed by atoms with van der Waals surface area (Å²) >= 11 is 0. The highest BCUT2D eigenvalue weighted by Crippen LogP contribution is 2.30. The van der Waals surface area contributed by atoms with E-state index < -0.39 is 4.65 Å². The third kappa shape index (κ3) is 3.22. The van der Waals surface area contributed by atoms with Crippen LogP contribution in [0.2, 0.25) is 0 Å². The number of benzene rings is 1. The lowest BCUT2D eigenvalue weighted by Gasteiger charge is -2.32. The number of rotatable bonds is 2. The molecular weight excluding hydrogens is 262 g/mol. The Balaban J connectivity index is 0.00000161. The Bertz CT molecular complexity index is 507. The van der Waals surface area contributed by atoms with Gasteiger partial charge in [-0.15, -0.1) is 0 Å². The fourth-order valence-corrected chi connectivity index (χ4v) is 3.12. The van der Waals surface area contributed by atoms with Crippen molar-refractivity contribution in [3.63, 3.8) is 0 Å². The van der Waals surface area contributed by atoms with Crippen LogP contribution in [0.15, 0.2) is 36.7 Å². The monoisotopic (exact) mass is 289 g/mol. The van der Waals surface area contributed by atoms with Crippen molar-refractivity contribution in [3.8, 4) is 0 Å². The molecule has 2 aliphatic heterocycles. The fourth-order valence-electron chi connectivity index (χ4n) is 3.12. The van der Waals surface area contributed by atoms with Gasteiger partial charge in [0.05, 0.1) is 7.05 Å². The van der Waals surface area contributed by atoms with E-state index in [2.05, 4.69) is 41.1 Å². The first-order chi connectivity index (χ1) is 9.56. The lowest BCUT2D eigenvalue weighted by atomic mass is 10.0. The van der Waals surface area contributed by atoms with E-state index in [1.54, 1.807) is 7.05 Å². The van der Waals surface area contributed by atoms with E-state index in [1.165, 1.54) is 30.5 Å². The molecule has 21 heavy (non-hydrogen) atoms. The van der Waals surface area contributed by atoms with Gasteiger partial charge in [0.25, 0.3) is 0 Å².